The lowest BCUT2D eigenvalue weighted by molar-refractivity contribution is -0.118. The molecule has 0 radical (unpaired) electrons. The van der Waals surface area contributed by atoms with Crippen molar-refractivity contribution in [3.8, 4) is 0 Å². The molecule has 0 saturated carbocycles. The summed E-state index contributed by atoms with van der Waals surface area (Å²) in [6.45, 7) is 3.99. The largest absolute Gasteiger partial charge is 0.378 e. The summed E-state index contributed by atoms with van der Waals surface area (Å²) in [5, 5.41) is 3.47. The van der Waals surface area contributed by atoms with Gasteiger partial charge in [0.25, 0.3) is 0 Å². The van der Waals surface area contributed by atoms with Gasteiger partial charge in [0.1, 0.15) is 0 Å². The minimum absolute atomic E-state index is 0.495. The Balaban J connectivity index is 1.72. The van der Waals surface area contributed by atoms with Crippen LogP contribution in [-0.2, 0) is 29.2 Å². The summed E-state index contributed by atoms with van der Waals surface area (Å²) in [5.74, 6) is 0. The van der Waals surface area contributed by atoms with Crippen LogP contribution in [-0.4, -0.2) is 30.6 Å². The summed E-state index contributed by atoms with van der Waals surface area (Å²) >= 11 is 0. The molecule has 4 heteroatoms. The van der Waals surface area contributed by atoms with E-state index in [0.717, 1.165) is 39.3 Å². The van der Waals surface area contributed by atoms with Gasteiger partial charge in [0, 0.05) is 19.6 Å². The van der Waals surface area contributed by atoms with Gasteiger partial charge in [-0.15, -0.1) is 0 Å². The van der Waals surface area contributed by atoms with Crippen molar-refractivity contribution in [1.29, 1.82) is 0 Å². The highest BCUT2D eigenvalue weighted by molar-refractivity contribution is 5.52. The fourth-order valence-electron chi connectivity index (χ4n) is 2.36. The molecule has 1 aromatic rings. The van der Waals surface area contributed by atoms with Crippen molar-refractivity contribution < 1.29 is 9.53 Å². The number of carbonyl (C=O) groups excluding carboxylic acids is 1. The molecule has 2 aliphatic heterocycles. The van der Waals surface area contributed by atoms with Gasteiger partial charge in [-0.2, -0.15) is 0 Å². The molecule has 1 fully saturated rings. The molecule has 1 aromatic carbocycles. The molecule has 2 aliphatic rings. The third kappa shape index (κ3) is 2.06. The molecule has 0 spiro atoms. The topological polar surface area (TPSA) is 41.6 Å². The maximum absolute atomic E-state index is 10.8. The third-order valence-corrected chi connectivity index (χ3v) is 3.47. The maximum Gasteiger partial charge on any atom is 0.210 e. The lowest BCUT2D eigenvalue weighted by Crippen LogP contribution is -2.45. The zero-order valence-corrected chi connectivity index (χ0v) is 9.69. The van der Waals surface area contributed by atoms with Crippen LogP contribution in [0.1, 0.15) is 16.7 Å². The lowest BCUT2D eigenvalue weighted by Gasteiger charge is -2.27. The van der Waals surface area contributed by atoms with Crippen LogP contribution in [0.5, 0.6) is 0 Å². The van der Waals surface area contributed by atoms with Gasteiger partial charge in [-0.25, -0.2) is 0 Å². The van der Waals surface area contributed by atoms with Crippen molar-refractivity contribution in [2.75, 3.05) is 13.2 Å². The summed E-state index contributed by atoms with van der Waals surface area (Å²) in [4.78, 5) is 12.6. The van der Waals surface area contributed by atoms with Crippen molar-refractivity contribution in [1.82, 2.24) is 10.2 Å². The number of nitrogens with one attached hydrogen (secondary N) is 1. The first-order valence-corrected chi connectivity index (χ1v) is 5.97. The number of rotatable bonds is 4. The molecule has 0 aromatic heterocycles. The zero-order chi connectivity index (χ0) is 11.7. The predicted molar refractivity (Wildman–Crippen MR) is 63.2 cm³/mol. The lowest BCUT2D eigenvalue weighted by atomic mass is 10.0. The Labute approximate surface area is 101 Å². The minimum Gasteiger partial charge on any atom is -0.378 e. The normalized spacial score (nSPS) is 18.9. The van der Waals surface area contributed by atoms with E-state index < -0.39 is 0 Å². The van der Waals surface area contributed by atoms with Crippen molar-refractivity contribution in [2.45, 2.75) is 25.7 Å². The Bertz CT molecular complexity index is 429. The number of nitrogens with zero attached hydrogens (tertiary/aromatic N) is 1. The van der Waals surface area contributed by atoms with E-state index >= 15 is 0 Å². The first kappa shape index (κ1) is 10.7. The Hall–Kier alpha value is -1.39. The second kappa shape index (κ2) is 4.47. The number of benzene rings is 1. The van der Waals surface area contributed by atoms with Gasteiger partial charge in [0.05, 0.1) is 19.3 Å². The van der Waals surface area contributed by atoms with Crippen LogP contribution < -0.4 is 5.32 Å². The van der Waals surface area contributed by atoms with E-state index in [1.165, 1.54) is 16.7 Å². The van der Waals surface area contributed by atoms with Crippen LogP contribution in [0.3, 0.4) is 0 Å². The van der Waals surface area contributed by atoms with Crippen molar-refractivity contribution in [3.63, 3.8) is 0 Å². The minimum atomic E-state index is 0.495. The van der Waals surface area contributed by atoms with E-state index in [-0.39, 0.29) is 0 Å². The van der Waals surface area contributed by atoms with Gasteiger partial charge in [-0.3, -0.25) is 4.79 Å². The van der Waals surface area contributed by atoms with Crippen LogP contribution in [0.25, 0.3) is 0 Å². The van der Waals surface area contributed by atoms with Crippen molar-refractivity contribution in [2.24, 2.45) is 0 Å². The maximum atomic E-state index is 10.8. The summed E-state index contributed by atoms with van der Waals surface area (Å²) in [6, 6.07) is 6.81. The molecule has 4 nitrogen and oxygen atoms in total. The van der Waals surface area contributed by atoms with Gasteiger partial charge >= 0.3 is 0 Å². The number of ether oxygens (including phenoxy) is 1. The SMILES string of the molecule is O=CN1Cc2cccc(CNC3COC3)c2C1. The Morgan fingerprint density at radius 1 is 1.41 bits per heavy atom. The van der Waals surface area contributed by atoms with Gasteiger partial charge in [0.15, 0.2) is 0 Å². The first-order chi connectivity index (χ1) is 8.36. The van der Waals surface area contributed by atoms with Crippen LogP contribution in [0.4, 0.5) is 0 Å². The molecular weight excluding hydrogens is 216 g/mol. The zero-order valence-electron chi connectivity index (χ0n) is 9.69. The van der Waals surface area contributed by atoms with Crippen molar-refractivity contribution in [3.05, 3.63) is 34.9 Å². The van der Waals surface area contributed by atoms with E-state index in [4.69, 9.17) is 4.74 Å². The van der Waals surface area contributed by atoms with Gasteiger partial charge in [-0.1, -0.05) is 18.2 Å². The molecule has 1 N–H and O–H groups in total. The van der Waals surface area contributed by atoms with Crippen LogP contribution in [0, 0.1) is 0 Å². The first-order valence-electron chi connectivity index (χ1n) is 5.97. The molecule has 1 amide bonds. The Morgan fingerprint density at radius 3 is 3.00 bits per heavy atom. The highest BCUT2D eigenvalue weighted by Crippen LogP contribution is 2.25. The second-order valence-electron chi connectivity index (χ2n) is 4.68. The number of hydrogen-bond acceptors (Lipinski definition) is 3. The standard InChI is InChI=1S/C13H16N2O2/c16-9-15-5-11-3-1-2-10(13(11)6-15)4-14-12-7-17-8-12/h1-3,9,12,14H,4-8H2. The monoisotopic (exact) mass is 232 g/mol. The molecule has 0 bridgehead atoms. The molecule has 1 saturated heterocycles. The second-order valence-corrected chi connectivity index (χ2v) is 4.68. The Morgan fingerprint density at radius 2 is 2.29 bits per heavy atom. The number of fused-ring (bicyclic) bond motifs is 1. The number of hydrogen-bond donors (Lipinski definition) is 1. The number of amides is 1. The predicted octanol–water partition coefficient (Wildman–Crippen LogP) is 0.647. The fraction of sp³-hybridized carbons (Fsp3) is 0.462. The van der Waals surface area contributed by atoms with E-state index in [0.29, 0.717) is 6.04 Å². The molecule has 0 unspecified atom stereocenters. The van der Waals surface area contributed by atoms with E-state index in [1.54, 1.807) is 4.90 Å². The average molecular weight is 232 g/mol. The van der Waals surface area contributed by atoms with Crippen LogP contribution in [0.2, 0.25) is 0 Å². The Kier molecular flexibility index (Phi) is 2.82. The molecule has 2 heterocycles. The number of carbonyl (C=O) groups is 1. The smallest absolute Gasteiger partial charge is 0.210 e. The summed E-state index contributed by atoms with van der Waals surface area (Å²) < 4.78 is 5.13. The molecule has 0 atom stereocenters. The van der Waals surface area contributed by atoms with Crippen LogP contribution >= 0.6 is 0 Å². The molecule has 3 rings (SSSR count). The quantitative estimate of drug-likeness (QED) is 0.775. The van der Waals surface area contributed by atoms with E-state index in [1.807, 2.05) is 0 Å². The van der Waals surface area contributed by atoms with Gasteiger partial charge in [0.2, 0.25) is 6.41 Å². The highest BCUT2D eigenvalue weighted by Gasteiger charge is 2.21. The van der Waals surface area contributed by atoms with E-state index in [2.05, 4.69) is 23.5 Å². The highest BCUT2D eigenvalue weighted by atomic mass is 16.5. The summed E-state index contributed by atoms with van der Waals surface area (Å²) in [7, 11) is 0. The van der Waals surface area contributed by atoms with Crippen molar-refractivity contribution >= 4 is 6.41 Å². The van der Waals surface area contributed by atoms with Gasteiger partial charge in [-0.05, 0) is 16.7 Å². The van der Waals surface area contributed by atoms with E-state index in [9.17, 15) is 4.79 Å². The third-order valence-electron chi connectivity index (χ3n) is 3.47. The van der Waals surface area contributed by atoms with Gasteiger partial charge < -0.3 is 15.0 Å². The average Bonchev–Trinajstić information content (AvgIpc) is 2.70. The summed E-state index contributed by atoms with van der Waals surface area (Å²) in [6.07, 6.45) is 0.928. The molecular formula is C13H16N2O2. The fourth-order valence-corrected chi connectivity index (χ4v) is 2.36. The molecule has 0 aliphatic carbocycles. The molecule has 17 heavy (non-hydrogen) atoms. The summed E-state index contributed by atoms with van der Waals surface area (Å²) in [5.41, 5.74) is 3.90. The van der Waals surface area contributed by atoms with Crippen LogP contribution in [0.15, 0.2) is 18.2 Å². The molecule has 90 valence electrons.